The van der Waals surface area contributed by atoms with Crippen LogP contribution in [-0.2, 0) is 4.74 Å². The number of hydrogen-bond acceptors (Lipinski definition) is 2. The minimum absolute atomic E-state index is 0.365. The van der Waals surface area contributed by atoms with Crippen molar-refractivity contribution in [2.75, 3.05) is 6.61 Å². The van der Waals surface area contributed by atoms with Gasteiger partial charge in [-0.05, 0) is 42.3 Å². The highest BCUT2D eigenvalue weighted by Crippen LogP contribution is 2.45. The molecule has 4 heteroatoms. The molecular weight excluding hydrogens is 340 g/mol. The van der Waals surface area contributed by atoms with Gasteiger partial charge in [0.1, 0.15) is 0 Å². The number of hydrogen-bond donors (Lipinski definition) is 0. The summed E-state index contributed by atoms with van der Waals surface area (Å²) in [5.41, 5.74) is 0. The normalized spacial score (nSPS) is 28.3. The number of aryl methyl sites for hydroxylation is 1. The van der Waals surface area contributed by atoms with Crippen LogP contribution in [0.3, 0.4) is 0 Å². The molecule has 0 spiro atoms. The first-order valence-corrected chi connectivity index (χ1v) is 7.63. The summed E-state index contributed by atoms with van der Waals surface area (Å²) in [6, 6.07) is 2.19. The van der Waals surface area contributed by atoms with Gasteiger partial charge in [0.2, 0.25) is 0 Å². The number of alkyl halides is 1. The third-order valence-corrected chi connectivity index (χ3v) is 6.39. The van der Waals surface area contributed by atoms with Gasteiger partial charge in [0.15, 0.2) is 0 Å². The molecule has 3 unspecified atom stereocenters. The third kappa shape index (κ3) is 2.48. The Balaban J connectivity index is 2.19. The van der Waals surface area contributed by atoms with Gasteiger partial charge in [0, 0.05) is 26.8 Å². The van der Waals surface area contributed by atoms with E-state index < -0.39 is 0 Å². The van der Waals surface area contributed by atoms with Crippen LogP contribution < -0.4 is 0 Å². The van der Waals surface area contributed by atoms with Gasteiger partial charge in [-0.2, -0.15) is 0 Å². The summed E-state index contributed by atoms with van der Waals surface area (Å²) < 4.78 is 6.84. The molecule has 2 rings (SSSR count). The van der Waals surface area contributed by atoms with Crippen LogP contribution in [0.5, 0.6) is 0 Å². The second-order valence-corrected chi connectivity index (χ2v) is 7.13. The largest absolute Gasteiger partial charge is 0.378 e. The lowest BCUT2D eigenvalue weighted by Crippen LogP contribution is -2.15. The summed E-state index contributed by atoms with van der Waals surface area (Å²) in [5, 5.41) is 0. The van der Waals surface area contributed by atoms with Gasteiger partial charge in [-0.1, -0.05) is 15.9 Å². The predicted molar refractivity (Wildman–Crippen MR) is 71.9 cm³/mol. The maximum Gasteiger partial charge on any atom is 0.0590 e. The molecule has 0 saturated carbocycles. The quantitative estimate of drug-likeness (QED) is 0.701. The number of ether oxygens (including phenoxy) is 1. The van der Waals surface area contributed by atoms with Crippen molar-refractivity contribution in [3.8, 4) is 0 Å². The Morgan fingerprint density at radius 3 is 2.80 bits per heavy atom. The highest BCUT2D eigenvalue weighted by Gasteiger charge is 2.32. The zero-order valence-corrected chi connectivity index (χ0v) is 12.8. The fraction of sp³-hybridized carbons (Fsp3) is 0.636. The summed E-state index contributed by atoms with van der Waals surface area (Å²) in [5.74, 6) is 0.597. The molecule has 1 saturated heterocycles. The van der Waals surface area contributed by atoms with E-state index >= 15 is 0 Å². The van der Waals surface area contributed by atoms with E-state index in [1.54, 1.807) is 0 Å². The molecule has 2 heterocycles. The molecule has 0 N–H and O–H groups in total. The Hall–Kier alpha value is 0.620. The average Bonchev–Trinajstić information content (AvgIpc) is 2.71. The van der Waals surface area contributed by atoms with E-state index in [-0.39, 0.29) is 0 Å². The number of halogens is 2. The van der Waals surface area contributed by atoms with Crippen LogP contribution in [-0.4, -0.2) is 12.7 Å². The van der Waals surface area contributed by atoms with Crippen molar-refractivity contribution in [2.45, 2.75) is 31.2 Å². The van der Waals surface area contributed by atoms with Gasteiger partial charge in [-0.15, -0.1) is 11.3 Å². The first-order chi connectivity index (χ1) is 7.09. The molecule has 1 aliphatic heterocycles. The lowest BCUT2D eigenvalue weighted by Gasteiger charge is -2.19. The van der Waals surface area contributed by atoms with Crippen LogP contribution in [0, 0.1) is 12.8 Å². The van der Waals surface area contributed by atoms with Crippen molar-refractivity contribution in [1.29, 1.82) is 0 Å². The Kier molecular flexibility index (Phi) is 3.92. The smallest absolute Gasteiger partial charge is 0.0590 e. The first-order valence-electron chi connectivity index (χ1n) is 5.11. The molecule has 1 fully saturated rings. The lowest BCUT2D eigenvalue weighted by atomic mass is 9.98. The molecule has 0 radical (unpaired) electrons. The summed E-state index contributed by atoms with van der Waals surface area (Å²) in [6.07, 6.45) is 1.52. The molecule has 84 valence electrons. The van der Waals surface area contributed by atoms with Crippen molar-refractivity contribution in [1.82, 2.24) is 0 Å². The van der Waals surface area contributed by atoms with E-state index in [1.807, 2.05) is 11.3 Å². The maximum atomic E-state index is 5.61. The number of rotatable bonds is 2. The molecule has 0 bridgehead atoms. The zero-order chi connectivity index (χ0) is 11.0. The highest BCUT2D eigenvalue weighted by atomic mass is 79.9. The van der Waals surface area contributed by atoms with Crippen LogP contribution in [0.25, 0.3) is 0 Å². The van der Waals surface area contributed by atoms with Crippen LogP contribution >= 0.6 is 43.2 Å². The van der Waals surface area contributed by atoms with Crippen LogP contribution in [0.2, 0.25) is 0 Å². The second-order valence-electron chi connectivity index (χ2n) is 4.00. The van der Waals surface area contributed by atoms with Crippen LogP contribution in [0.15, 0.2) is 10.5 Å². The zero-order valence-electron chi connectivity index (χ0n) is 8.80. The van der Waals surface area contributed by atoms with Gasteiger partial charge in [-0.25, -0.2) is 0 Å². The van der Waals surface area contributed by atoms with E-state index in [4.69, 9.17) is 4.74 Å². The molecule has 0 aliphatic carbocycles. The van der Waals surface area contributed by atoms with Crippen molar-refractivity contribution in [3.05, 3.63) is 20.3 Å². The van der Waals surface area contributed by atoms with E-state index in [2.05, 4.69) is 51.8 Å². The van der Waals surface area contributed by atoms with Gasteiger partial charge in [0.25, 0.3) is 0 Å². The minimum atomic E-state index is 0.365. The van der Waals surface area contributed by atoms with Gasteiger partial charge in [0.05, 0.1) is 10.9 Å². The van der Waals surface area contributed by atoms with Crippen LogP contribution in [0.4, 0.5) is 0 Å². The first kappa shape index (κ1) is 12.1. The van der Waals surface area contributed by atoms with Crippen molar-refractivity contribution in [3.63, 3.8) is 0 Å². The van der Waals surface area contributed by atoms with Crippen LogP contribution in [0.1, 0.15) is 27.9 Å². The Morgan fingerprint density at radius 1 is 1.60 bits per heavy atom. The Bertz CT molecular complexity index is 350. The fourth-order valence-corrected chi connectivity index (χ4v) is 5.50. The second kappa shape index (κ2) is 4.86. The minimum Gasteiger partial charge on any atom is -0.378 e. The maximum absolute atomic E-state index is 5.61. The Morgan fingerprint density at radius 2 is 2.33 bits per heavy atom. The van der Waals surface area contributed by atoms with Crippen molar-refractivity contribution in [2.24, 2.45) is 5.92 Å². The van der Waals surface area contributed by atoms with E-state index in [0.29, 0.717) is 16.8 Å². The molecule has 1 nitrogen and oxygen atoms in total. The Labute approximate surface area is 111 Å². The number of thiophene rings is 1. The van der Waals surface area contributed by atoms with Gasteiger partial charge >= 0.3 is 0 Å². The summed E-state index contributed by atoms with van der Waals surface area (Å²) in [4.78, 5) is 3.17. The summed E-state index contributed by atoms with van der Waals surface area (Å²) in [7, 11) is 0. The van der Waals surface area contributed by atoms with E-state index in [9.17, 15) is 0 Å². The SMILES string of the molecule is Cc1cc(Br)c(C(Br)C2CCOC2C)s1. The predicted octanol–water partition coefficient (Wildman–Crippen LogP) is 4.68. The van der Waals surface area contributed by atoms with E-state index in [0.717, 1.165) is 13.0 Å². The monoisotopic (exact) mass is 352 g/mol. The molecule has 0 aromatic carbocycles. The summed E-state index contributed by atoms with van der Waals surface area (Å²) >= 11 is 9.30. The highest BCUT2D eigenvalue weighted by molar-refractivity contribution is 9.11. The molecule has 15 heavy (non-hydrogen) atoms. The van der Waals surface area contributed by atoms with Crippen molar-refractivity contribution < 1.29 is 4.74 Å². The molecule has 1 aromatic heterocycles. The van der Waals surface area contributed by atoms with Gasteiger partial charge < -0.3 is 4.74 Å². The topological polar surface area (TPSA) is 9.23 Å². The third-order valence-electron chi connectivity index (χ3n) is 2.90. The van der Waals surface area contributed by atoms with Gasteiger partial charge in [-0.3, -0.25) is 0 Å². The summed E-state index contributed by atoms with van der Waals surface area (Å²) in [6.45, 7) is 5.21. The molecule has 1 aliphatic rings. The molecular formula is C11H14Br2OS. The molecule has 3 atom stereocenters. The van der Waals surface area contributed by atoms with Crippen molar-refractivity contribution >= 4 is 43.2 Å². The molecule has 1 aromatic rings. The molecule has 0 amide bonds. The fourth-order valence-electron chi connectivity index (χ4n) is 2.02. The van der Waals surface area contributed by atoms with E-state index in [1.165, 1.54) is 14.2 Å². The standard InChI is InChI=1S/C11H14Br2OS/c1-6-5-9(12)11(15-6)10(13)8-3-4-14-7(8)2/h5,7-8,10H,3-4H2,1-2H3. The lowest BCUT2D eigenvalue weighted by molar-refractivity contribution is 0.106. The average molecular weight is 354 g/mol.